The second kappa shape index (κ2) is 6.54. The molecule has 1 aromatic heterocycles. The van der Waals surface area contributed by atoms with Gasteiger partial charge in [-0.15, -0.1) is 0 Å². The van der Waals surface area contributed by atoms with Gasteiger partial charge in [0.2, 0.25) is 5.91 Å². The quantitative estimate of drug-likeness (QED) is 0.885. The molecule has 23 heavy (non-hydrogen) atoms. The monoisotopic (exact) mass is 314 g/mol. The van der Waals surface area contributed by atoms with Crippen molar-refractivity contribution in [3.63, 3.8) is 0 Å². The fourth-order valence-corrected chi connectivity index (χ4v) is 3.23. The van der Waals surface area contributed by atoms with Gasteiger partial charge in [-0.05, 0) is 51.1 Å². The number of carbonyl (C=O) groups excluding carboxylic acids is 1. The van der Waals surface area contributed by atoms with E-state index in [1.807, 2.05) is 19.1 Å². The van der Waals surface area contributed by atoms with Crippen LogP contribution in [0, 0.1) is 6.92 Å². The van der Waals surface area contributed by atoms with E-state index >= 15 is 0 Å². The van der Waals surface area contributed by atoms with Crippen LogP contribution in [0.25, 0.3) is 11.0 Å². The molecule has 2 heterocycles. The van der Waals surface area contributed by atoms with Crippen LogP contribution in [0.3, 0.4) is 0 Å². The van der Waals surface area contributed by atoms with E-state index in [2.05, 4.69) is 17.3 Å². The predicted octanol–water partition coefficient (Wildman–Crippen LogP) is 2.91. The van der Waals surface area contributed by atoms with Crippen LogP contribution >= 0.6 is 0 Å². The number of fused-ring (bicyclic) bond motifs is 1. The Morgan fingerprint density at radius 2 is 2.17 bits per heavy atom. The maximum absolute atomic E-state index is 12.3. The van der Waals surface area contributed by atoms with Crippen LogP contribution in [-0.2, 0) is 4.79 Å². The summed E-state index contributed by atoms with van der Waals surface area (Å²) in [5, 5.41) is 3.80. The number of benzene rings is 1. The molecule has 0 bridgehead atoms. The van der Waals surface area contributed by atoms with E-state index in [0.717, 1.165) is 23.9 Å². The minimum absolute atomic E-state index is 0.00176. The summed E-state index contributed by atoms with van der Waals surface area (Å²) < 4.78 is 5.22. The zero-order valence-electron chi connectivity index (χ0n) is 13.6. The molecule has 1 amide bonds. The minimum Gasteiger partial charge on any atom is -0.423 e. The Balaban J connectivity index is 1.73. The van der Waals surface area contributed by atoms with Crippen molar-refractivity contribution in [3.8, 4) is 0 Å². The smallest absolute Gasteiger partial charge is 0.336 e. The molecule has 1 aromatic carbocycles. The Labute approximate surface area is 135 Å². The highest BCUT2D eigenvalue weighted by Gasteiger charge is 2.21. The SMILES string of the molecule is Cc1cc(=O)oc2cc(NC(=O)CC3CCCCN3C)ccc12. The molecular weight excluding hydrogens is 292 g/mol. The second-order valence-electron chi connectivity index (χ2n) is 6.34. The van der Waals surface area contributed by atoms with Gasteiger partial charge in [0.05, 0.1) is 0 Å². The standard InChI is InChI=1S/C18H22N2O3/c1-12-9-18(22)23-16-10-13(6-7-15(12)16)19-17(21)11-14-5-3-4-8-20(14)2/h6-7,9-10,14H,3-5,8,11H2,1-2H3,(H,19,21). The van der Waals surface area contributed by atoms with Crippen molar-refractivity contribution in [1.29, 1.82) is 0 Å². The highest BCUT2D eigenvalue weighted by Crippen LogP contribution is 2.22. The average Bonchev–Trinajstić information content (AvgIpc) is 2.49. The predicted molar refractivity (Wildman–Crippen MR) is 90.7 cm³/mol. The van der Waals surface area contributed by atoms with E-state index in [1.54, 1.807) is 6.07 Å². The average molecular weight is 314 g/mol. The summed E-state index contributed by atoms with van der Waals surface area (Å²) in [5.41, 5.74) is 1.66. The van der Waals surface area contributed by atoms with E-state index in [1.165, 1.54) is 18.9 Å². The molecule has 0 aliphatic carbocycles. The Kier molecular flexibility index (Phi) is 4.48. The van der Waals surface area contributed by atoms with Crippen molar-refractivity contribution >= 4 is 22.6 Å². The number of rotatable bonds is 3. The van der Waals surface area contributed by atoms with Gasteiger partial charge in [-0.2, -0.15) is 0 Å². The van der Waals surface area contributed by atoms with Gasteiger partial charge >= 0.3 is 5.63 Å². The fourth-order valence-electron chi connectivity index (χ4n) is 3.23. The number of anilines is 1. The summed E-state index contributed by atoms with van der Waals surface area (Å²) in [6, 6.07) is 7.21. The lowest BCUT2D eigenvalue weighted by atomic mass is 10.00. The van der Waals surface area contributed by atoms with E-state index in [0.29, 0.717) is 23.7 Å². The molecule has 3 rings (SSSR count). The summed E-state index contributed by atoms with van der Waals surface area (Å²) in [5.74, 6) is -0.00176. The van der Waals surface area contributed by atoms with Crippen molar-refractivity contribution in [1.82, 2.24) is 4.90 Å². The molecular formula is C18H22N2O3. The highest BCUT2D eigenvalue weighted by molar-refractivity contribution is 5.93. The number of aryl methyl sites for hydroxylation is 1. The van der Waals surface area contributed by atoms with Crippen molar-refractivity contribution in [2.24, 2.45) is 0 Å². The number of nitrogens with zero attached hydrogens (tertiary/aromatic N) is 1. The Hall–Kier alpha value is -2.14. The first kappa shape index (κ1) is 15.7. The molecule has 1 N–H and O–H groups in total. The molecule has 0 radical (unpaired) electrons. The number of nitrogens with one attached hydrogen (secondary N) is 1. The number of piperidine rings is 1. The van der Waals surface area contributed by atoms with Gasteiger partial charge in [0.1, 0.15) is 5.58 Å². The molecule has 1 unspecified atom stereocenters. The van der Waals surface area contributed by atoms with Crippen LogP contribution in [0.1, 0.15) is 31.2 Å². The normalized spacial score (nSPS) is 19.0. The lowest BCUT2D eigenvalue weighted by molar-refractivity contribution is -0.117. The Morgan fingerprint density at radius 3 is 2.96 bits per heavy atom. The molecule has 1 atom stereocenters. The lowest BCUT2D eigenvalue weighted by Gasteiger charge is -2.31. The van der Waals surface area contributed by atoms with Crippen molar-refractivity contribution in [2.45, 2.75) is 38.6 Å². The molecule has 0 spiro atoms. The Morgan fingerprint density at radius 1 is 1.35 bits per heavy atom. The molecule has 1 fully saturated rings. The zero-order chi connectivity index (χ0) is 16.4. The molecule has 1 saturated heterocycles. The van der Waals surface area contributed by atoms with Gasteiger partial charge in [-0.3, -0.25) is 4.79 Å². The van der Waals surface area contributed by atoms with Crippen LogP contribution in [0.2, 0.25) is 0 Å². The first-order valence-corrected chi connectivity index (χ1v) is 8.07. The van der Waals surface area contributed by atoms with Crippen LogP contribution in [0.5, 0.6) is 0 Å². The third kappa shape index (κ3) is 3.62. The van der Waals surface area contributed by atoms with Gasteiger partial charge in [-0.1, -0.05) is 6.42 Å². The third-order valence-corrected chi connectivity index (χ3v) is 4.58. The summed E-state index contributed by atoms with van der Waals surface area (Å²) >= 11 is 0. The third-order valence-electron chi connectivity index (χ3n) is 4.58. The summed E-state index contributed by atoms with van der Waals surface area (Å²) in [6.45, 7) is 2.93. The lowest BCUT2D eigenvalue weighted by Crippen LogP contribution is -2.38. The number of hydrogen-bond acceptors (Lipinski definition) is 4. The highest BCUT2D eigenvalue weighted by atomic mass is 16.4. The number of hydrogen-bond donors (Lipinski definition) is 1. The summed E-state index contributed by atoms with van der Waals surface area (Å²) in [6.07, 6.45) is 3.95. The van der Waals surface area contributed by atoms with Crippen LogP contribution in [0.15, 0.2) is 33.5 Å². The number of amides is 1. The topological polar surface area (TPSA) is 62.6 Å². The molecule has 1 aliphatic rings. The summed E-state index contributed by atoms with van der Waals surface area (Å²) in [4.78, 5) is 26.0. The molecule has 1 aliphatic heterocycles. The number of carbonyl (C=O) groups is 1. The molecule has 0 saturated carbocycles. The Bertz CT molecular complexity index is 781. The first-order valence-electron chi connectivity index (χ1n) is 8.07. The minimum atomic E-state index is -0.373. The zero-order valence-corrected chi connectivity index (χ0v) is 13.6. The van der Waals surface area contributed by atoms with Crippen molar-refractivity contribution in [3.05, 3.63) is 40.2 Å². The maximum Gasteiger partial charge on any atom is 0.336 e. The fraction of sp³-hybridized carbons (Fsp3) is 0.444. The van der Waals surface area contributed by atoms with Gasteiger partial charge < -0.3 is 14.6 Å². The van der Waals surface area contributed by atoms with Gasteiger partial charge in [0, 0.05) is 35.7 Å². The summed E-state index contributed by atoms with van der Waals surface area (Å²) in [7, 11) is 2.07. The van der Waals surface area contributed by atoms with E-state index in [9.17, 15) is 9.59 Å². The number of likely N-dealkylation sites (tertiary alicyclic amines) is 1. The van der Waals surface area contributed by atoms with Gasteiger partial charge in [-0.25, -0.2) is 4.79 Å². The van der Waals surface area contributed by atoms with Crippen LogP contribution < -0.4 is 10.9 Å². The van der Waals surface area contributed by atoms with Crippen LogP contribution in [-0.4, -0.2) is 30.4 Å². The van der Waals surface area contributed by atoms with Crippen molar-refractivity contribution < 1.29 is 9.21 Å². The molecule has 5 heteroatoms. The largest absolute Gasteiger partial charge is 0.423 e. The van der Waals surface area contributed by atoms with Crippen molar-refractivity contribution in [2.75, 3.05) is 18.9 Å². The van der Waals surface area contributed by atoms with E-state index in [-0.39, 0.29) is 11.5 Å². The maximum atomic E-state index is 12.3. The van der Waals surface area contributed by atoms with E-state index < -0.39 is 0 Å². The molecule has 2 aromatic rings. The van der Waals surface area contributed by atoms with Gasteiger partial charge in [0.25, 0.3) is 0 Å². The molecule has 122 valence electrons. The first-order chi connectivity index (χ1) is 11.0. The van der Waals surface area contributed by atoms with Crippen LogP contribution in [0.4, 0.5) is 5.69 Å². The van der Waals surface area contributed by atoms with E-state index in [4.69, 9.17) is 4.42 Å². The molecule has 5 nitrogen and oxygen atoms in total. The van der Waals surface area contributed by atoms with Gasteiger partial charge in [0.15, 0.2) is 0 Å². The second-order valence-corrected chi connectivity index (χ2v) is 6.34.